The van der Waals surface area contributed by atoms with Gasteiger partial charge in [0.05, 0.1) is 0 Å². The number of aromatic nitrogens is 1. The lowest BCUT2D eigenvalue weighted by Gasteiger charge is -2.32. The van der Waals surface area contributed by atoms with Gasteiger partial charge >= 0.3 is 0 Å². The molecule has 2 aromatic rings. The molecule has 1 aliphatic heterocycles. The molecule has 5 nitrogen and oxygen atoms in total. The van der Waals surface area contributed by atoms with E-state index in [-0.39, 0.29) is 42.1 Å². The molecule has 0 spiro atoms. The molecule has 0 amide bonds. The van der Waals surface area contributed by atoms with Crippen molar-refractivity contribution in [2.24, 2.45) is 5.92 Å². The van der Waals surface area contributed by atoms with E-state index < -0.39 is 27.9 Å². The second-order valence-corrected chi connectivity index (χ2v) is 8.03. The lowest BCUT2D eigenvalue weighted by molar-refractivity contribution is 0.157. The molecule has 1 unspecified atom stereocenters. The smallest absolute Gasteiger partial charge is 0.244 e. The minimum Gasteiger partial charge on any atom is -0.244 e. The highest BCUT2D eigenvalue weighted by molar-refractivity contribution is 7.89. The number of alkyl halides is 1. The van der Waals surface area contributed by atoms with Crippen LogP contribution in [0.15, 0.2) is 47.5 Å². The van der Waals surface area contributed by atoms with E-state index in [1.54, 1.807) is 12.1 Å². The summed E-state index contributed by atoms with van der Waals surface area (Å²) in [6.45, 7) is 0.225. The van der Waals surface area contributed by atoms with Crippen LogP contribution in [0.3, 0.4) is 0 Å². The number of sulfonamides is 1. The predicted molar refractivity (Wildman–Crippen MR) is 90.7 cm³/mol. The number of benzene rings is 1. The van der Waals surface area contributed by atoms with Crippen LogP contribution < -0.4 is 0 Å². The minimum atomic E-state index is -3.87. The van der Waals surface area contributed by atoms with Crippen molar-refractivity contribution in [1.82, 2.24) is 9.29 Å². The van der Waals surface area contributed by atoms with Crippen molar-refractivity contribution in [2.75, 3.05) is 13.1 Å². The van der Waals surface area contributed by atoms with Crippen LogP contribution in [-0.4, -0.2) is 30.8 Å². The number of hydrogen-bond donors (Lipinski definition) is 0. The molecular formula is C18H17F2N3O2S. The Morgan fingerprint density at radius 3 is 2.54 bits per heavy atom. The molecule has 0 N–H and O–H groups in total. The summed E-state index contributed by atoms with van der Waals surface area (Å²) < 4.78 is 55.2. The number of nitrogens with zero attached hydrogens (tertiary/aromatic N) is 3. The third kappa shape index (κ3) is 3.45. The molecule has 0 saturated carbocycles. The average molecular weight is 377 g/mol. The van der Waals surface area contributed by atoms with E-state index in [0.717, 1.165) is 0 Å². The molecule has 3 rings (SSSR count). The molecule has 1 fully saturated rings. The lowest BCUT2D eigenvalue weighted by atomic mass is 9.89. The van der Waals surface area contributed by atoms with Crippen molar-refractivity contribution >= 4 is 10.0 Å². The quantitative estimate of drug-likeness (QED) is 0.820. The van der Waals surface area contributed by atoms with Crippen LogP contribution in [0, 0.1) is 23.1 Å². The van der Waals surface area contributed by atoms with Gasteiger partial charge < -0.3 is 0 Å². The van der Waals surface area contributed by atoms with E-state index in [9.17, 15) is 17.2 Å². The SMILES string of the molecule is N#Cc1ncccc1S(=O)(=O)N1CCC(C(F)c2ccccc2F)CC1. The maximum Gasteiger partial charge on any atom is 0.245 e. The molecule has 1 aromatic heterocycles. The summed E-state index contributed by atoms with van der Waals surface area (Å²) in [5.74, 6) is -1.05. The molecule has 136 valence electrons. The van der Waals surface area contributed by atoms with Crippen molar-refractivity contribution < 1.29 is 17.2 Å². The summed E-state index contributed by atoms with van der Waals surface area (Å²) in [6.07, 6.45) is 0.425. The van der Waals surface area contributed by atoms with Gasteiger partial charge in [0, 0.05) is 24.8 Å². The maximum atomic E-state index is 14.7. The molecule has 0 bridgehead atoms. The Morgan fingerprint density at radius 2 is 1.88 bits per heavy atom. The second-order valence-electron chi connectivity index (χ2n) is 6.13. The number of rotatable bonds is 4. The fourth-order valence-corrected chi connectivity index (χ4v) is 4.75. The highest BCUT2D eigenvalue weighted by atomic mass is 32.2. The first-order valence-electron chi connectivity index (χ1n) is 8.19. The van der Waals surface area contributed by atoms with Crippen molar-refractivity contribution in [2.45, 2.75) is 23.9 Å². The van der Waals surface area contributed by atoms with Gasteiger partial charge in [-0.05, 0) is 37.0 Å². The highest BCUT2D eigenvalue weighted by Crippen LogP contribution is 2.36. The standard InChI is InChI=1S/C18H17F2N3O2S/c19-15-5-2-1-4-14(15)18(20)13-7-10-23(11-8-13)26(24,25)17-6-3-9-22-16(17)12-21/h1-6,9,13,18H,7-8,10-11H2. The van der Waals surface area contributed by atoms with Crippen molar-refractivity contribution in [1.29, 1.82) is 5.26 Å². The van der Waals surface area contributed by atoms with E-state index in [0.29, 0.717) is 0 Å². The van der Waals surface area contributed by atoms with Gasteiger partial charge in [0.15, 0.2) is 5.69 Å². The number of piperidine rings is 1. The van der Waals surface area contributed by atoms with Crippen LogP contribution in [-0.2, 0) is 10.0 Å². The van der Waals surface area contributed by atoms with E-state index in [2.05, 4.69) is 4.98 Å². The number of pyridine rings is 1. The zero-order valence-electron chi connectivity index (χ0n) is 13.8. The number of nitriles is 1. The van der Waals surface area contributed by atoms with Crippen LogP contribution in [0.5, 0.6) is 0 Å². The first kappa shape index (κ1) is 18.4. The zero-order valence-corrected chi connectivity index (χ0v) is 14.7. The molecule has 1 aromatic carbocycles. The van der Waals surface area contributed by atoms with E-state index >= 15 is 0 Å². The topological polar surface area (TPSA) is 74.1 Å². The predicted octanol–water partition coefficient (Wildman–Crippen LogP) is 3.20. The van der Waals surface area contributed by atoms with Crippen molar-refractivity contribution in [3.63, 3.8) is 0 Å². The van der Waals surface area contributed by atoms with Gasteiger partial charge in [-0.3, -0.25) is 0 Å². The Morgan fingerprint density at radius 1 is 1.19 bits per heavy atom. The van der Waals surface area contributed by atoms with E-state index in [1.807, 2.05) is 0 Å². The van der Waals surface area contributed by atoms with Gasteiger partial charge in [-0.25, -0.2) is 22.2 Å². The molecule has 8 heteroatoms. The summed E-state index contributed by atoms with van der Waals surface area (Å²) in [6, 6.07) is 10.3. The van der Waals surface area contributed by atoms with Crippen LogP contribution in [0.25, 0.3) is 0 Å². The highest BCUT2D eigenvalue weighted by Gasteiger charge is 2.35. The molecule has 0 radical (unpaired) electrons. The van der Waals surface area contributed by atoms with E-state index in [1.165, 1.54) is 40.8 Å². The van der Waals surface area contributed by atoms with Crippen molar-refractivity contribution in [3.8, 4) is 6.07 Å². The van der Waals surface area contributed by atoms with Gasteiger partial charge in [-0.2, -0.15) is 9.57 Å². The number of hydrogen-bond acceptors (Lipinski definition) is 4. The molecule has 1 saturated heterocycles. The zero-order chi connectivity index (χ0) is 18.7. The Kier molecular flexibility index (Phi) is 5.30. The third-order valence-electron chi connectivity index (χ3n) is 4.61. The molecule has 2 heterocycles. The largest absolute Gasteiger partial charge is 0.245 e. The lowest BCUT2D eigenvalue weighted by Crippen LogP contribution is -2.39. The van der Waals surface area contributed by atoms with Crippen LogP contribution >= 0.6 is 0 Å². The second kappa shape index (κ2) is 7.48. The molecule has 1 atom stereocenters. The normalized spacial score (nSPS) is 17.6. The Bertz CT molecular complexity index is 935. The van der Waals surface area contributed by atoms with Crippen LogP contribution in [0.4, 0.5) is 8.78 Å². The molecule has 1 aliphatic rings. The first-order valence-corrected chi connectivity index (χ1v) is 9.63. The summed E-state index contributed by atoms with van der Waals surface area (Å²) in [5.41, 5.74) is -0.155. The summed E-state index contributed by atoms with van der Waals surface area (Å²) in [7, 11) is -3.87. The fraction of sp³-hybridized carbons (Fsp3) is 0.333. The van der Waals surface area contributed by atoms with Gasteiger partial charge in [0.2, 0.25) is 10.0 Å². The van der Waals surface area contributed by atoms with Gasteiger partial charge in [0.25, 0.3) is 0 Å². The molecule has 0 aliphatic carbocycles. The Hall–Kier alpha value is -2.37. The van der Waals surface area contributed by atoms with Crippen LogP contribution in [0.1, 0.15) is 30.3 Å². The molecule has 26 heavy (non-hydrogen) atoms. The van der Waals surface area contributed by atoms with Crippen molar-refractivity contribution in [3.05, 3.63) is 59.7 Å². The minimum absolute atomic E-state index is 0.00725. The Labute approximate surface area is 151 Å². The molecular weight excluding hydrogens is 360 g/mol. The monoisotopic (exact) mass is 377 g/mol. The summed E-state index contributed by atoms with van der Waals surface area (Å²) >= 11 is 0. The fourth-order valence-electron chi connectivity index (χ4n) is 3.18. The number of halogens is 2. The first-order chi connectivity index (χ1) is 12.4. The summed E-state index contributed by atoms with van der Waals surface area (Å²) in [4.78, 5) is 3.64. The maximum absolute atomic E-state index is 14.7. The Balaban J connectivity index is 1.74. The average Bonchev–Trinajstić information content (AvgIpc) is 2.68. The van der Waals surface area contributed by atoms with E-state index in [4.69, 9.17) is 5.26 Å². The van der Waals surface area contributed by atoms with Gasteiger partial charge in [-0.15, -0.1) is 0 Å². The van der Waals surface area contributed by atoms with Gasteiger partial charge in [-0.1, -0.05) is 18.2 Å². The third-order valence-corrected chi connectivity index (χ3v) is 6.54. The van der Waals surface area contributed by atoms with Gasteiger partial charge in [0.1, 0.15) is 23.0 Å². The summed E-state index contributed by atoms with van der Waals surface area (Å²) in [5, 5.41) is 9.07. The van der Waals surface area contributed by atoms with Crippen LogP contribution in [0.2, 0.25) is 0 Å².